The molecule has 5 nitrogen and oxygen atoms in total. The highest BCUT2D eigenvalue weighted by molar-refractivity contribution is 6.03. The van der Waals surface area contributed by atoms with Crippen molar-refractivity contribution in [2.75, 3.05) is 6.54 Å². The maximum Gasteiger partial charge on any atom is 0.306 e. The van der Waals surface area contributed by atoms with Gasteiger partial charge in [-0.2, -0.15) is 0 Å². The van der Waals surface area contributed by atoms with Gasteiger partial charge >= 0.3 is 5.97 Å². The van der Waals surface area contributed by atoms with E-state index in [4.69, 9.17) is 5.11 Å². The van der Waals surface area contributed by atoms with Crippen molar-refractivity contribution >= 4 is 17.7 Å². The second kappa shape index (κ2) is 5.31. The predicted molar refractivity (Wildman–Crippen MR) is 75.3 cm³/mol. The number of ketones is 1. The number of rotatable bonds is 3. The van der Waals surface area contributed by atoms with Crippen molar-refractivity contribution in [1.29, 1.82) is 0 Å². The standard InChI is InChI=1S/C16H17NO4/c18-14(10-3-4-12(7-10)16(20)21)11-2-1-9-5-6-17-15(19)13(9)8-11/h1-2,8,10,12H,3-7H2,(H,17,19)(H,20,21). The number of nitrogens with one attached hydrogen (secondary N) is 1. The minimum Gasteiger partial charge on any atom is -0.481 e. The molecule has 1 aliphatic heterocycles. The lowest BCUT2D eigenvalue weighted by molar-refractivity contribution is -0.141. The molecule has 21 heavy (non-hydrogen) atoms. The molecule has 2 N–H and O–H groups in total. The van der Waals surface area contributed by atoms with Crippen LogP contribution in [-0.4, -0.2) is 29.3 Å². The van der Waals surface area contributed by atoms with Gasteiger partial charge in [0.15, 0.2) is 5.78 Å². The topological polar surface area (TPSA) is 83.5 Å². The Bertz CT molecular complexity index is 623. The zero-order chi connectivity index (χ0) is 15.0. The summed E-state index contributed by atoms with van der Waals surface area (Å²) in [7, 11) is 0. The number of carbonyl (C=O) groups excluding carboxylic acids is 2. The molecule has 0 spiro atoms. The molecular formula is C16H17NO4. The van der Waals surface area contributed by atoms with E-state index >= 15 is 0 Å². The zero-order valence-corrected chi connectivity index (χ0v) is 11.6. The minimum absolute atomic E-state index is 0.0417. The van der Waals surface area contributed by atoms with E-state index in [1.807, 2.05) is 6.07 Å². The van der Waals surface area contributed by atoms with Gasteiger partial charge < -0.3 is 10.4 Å². The van der Waals surface area contributed by atoms with Crippen LogP contribution >= 0.6 is 0 Å². The first kappa shape index (κ1) is 13.8. The van der Waals surface area contributed by atoms with Crippen LogP contribution in [0.25, 0.3) is 0 Å². The summed E-state index contributed by atoms with van der Waals surface area (Å²) in [6.07, 6.45) is 2.34. The molecule has 2 aliphatic rings. The smallest absolute Gasteiger partial charge is 0.306 e. The van der Waals surface area contributed by atoms with E-state index in [1.165, 1.54) is 0 Å². The summed E-state index contributed by atoms with van der Waals surface area (Å²) in [4.78, 5) is 35.3. The molecule has 1 saturated carbocycles. The van der Waals surface area contributed by atoms with E-state index in [1.54, 1.807) is 12.1 Å². The van der Waals surface area contributed by atoms with Crippen LogP contribution < -0.4 is 5.32 Å². The summed E-state index contributed by atoms with van der Waals surface area (Å²) in [6, 6.07) is 5.25. The first-order valence-corrected chi connectivity index (χ1v) is 7.24. The Balaban J connectivity index is 1.81. The van der Waals surface area contributed by atoms with Gasteiger partial charge in [-0.25, -0.2) is 0 Å². The SMILES string of the molecule is O=C1NCCc2ccc(C(=O)C3CCC(C(=O)O)C3)cc21. The molecule has 3 rings (SSSR count). The fourth-order valence-corrected chi connectivity index (χ4v) is 3.24. The highest BCUT2D eigenvalue weighted by Crippen LogP contribution is 2.33. The summed E-state index contributed by atoms with van der Waals surface area (Å²) < 4.78 is 0. The van der Waals surface area contributed by atoms with Gasteiger partial charge in [0.05, 0.1) is 5.92 Å². The molecule has 1 aromatic carbocycles. The molecule has 2 unspecified atom stereocenters. The zero-order valence-electron chi connectivity index (χ0n) is 11.6. The number of carbonyl (C=O) groups is 3. The van der Waals surface area contributed by atoms with Crippen LogP contribution in [-0.2, 0) is 11.2 Å². The molecule has 0 aromatic heterocycles. The van der Waals surface area contributed by atoms with E-state index < -0.39 is 11.9 Å². The van der Waals surface area contributed by atoms with Gasteiger partial charge in [-0.1, -0.05) is 12.1 Å². The van der Waals surface area contributed by atoms with Crippen molar-refractivity contribution in [3.05, 3.63) is 34.9 Å². The monoisotopic (exact) mass is 287 g/mol. The molecule has 0 bridgehead atoms. The van der Waals surface area contributed by atoms with E-state index in [9.17, 15) is 14.4 Å². The predicted octanol–water partition coefficient (Wildman–Crippen LogP) is 1.66. The normalized spacial score (nSPS) is 24.3. The van der Waals surface area contributed by atoms with Crippen LogP contribution in [0.2, 0.25) is 0 Å². The Morgan fingerprint density at radius 2 is 1.95 bits per heavy atom. The lowest BCUT2D eigenvalue weighted by Crippen LogP contribution is -2.32. The van der Waals surface area contributed by atoms with Crippen molar-refractivity contribution in [2.45, 2.75) is 25.7 Å². The van der Waals surface area contributed by atoms with Crippen molar-refractivity contribution in [3.8, 4) is 0 Å². The van der Waals surface area contributed by atoms with E-state index in [-0.39, 0.29) is 17.6 Å². The molecule has 0 radical (unpaired) electrons. The number of hydrogen-bond donors (Lipinski definition) is 2. The molecule has 5 heteroatoms. The van der Waals surface area contributed by atoms with Crippen LogP contribution in [0.5, 0.6) is 0 Å². The van der Waals surface area contributed by atoms with Crippen LogP contribution in [0.4, 0.5) is 0 Å². The highest BCUT2D eigenvalue weighted by atomic mass is 16.4. The first-order valence-electron chi connectivity index (χ1n) is 7.24. The van der Waals surface area contributed by atoms with Crippen molar-refractivity contribution < 1.29 is 19.5 Å². The van der Waals surface area contributed by atoms with Crippen LogP contribution in [0.1, 0.15) is 45.5 Å². The second-order valence-electron chi connectivity index (χ2n) is 5.79. The Labute approximate surface area is 122 Å². The van der Waals surface area contributed by atoms with Gasteiger partial charge in [-0.3, -0.25) is 14.4 Å². The summed E-state index contributed by atoms with van der Waals surface area (Å²) in [5.41, 5.74) is 2.05. The number of benzene rings is 1. The third-order valence-corrected chi connectivity index (χ3v) is 4.47. The Hall–Kier alpha value is -2.17. The third-order valence-electron chi connectivity index (χ3n) is 4.47. The molecule has 1 fully saturated rings. The fraction of sp³-hybridized carbons (Fsp3) is 0.438. The number of Topliss-reactive ketones (excluding diaryl/α,β-unsaturated/α-hetero) is 1. The summed E-state index contributed by atoms with van der Waals surface area (Å²) in [5.74, 6) is -1.66. The molecule has 1 amide bonds. The maximum atomic E-state index is 12.5. The number of amides is 1. The van der Waals surface area contributed by atoms with E-state index in [0.29, 0.717) is 36.9 Å². The first-order chi connectivity index (χ1) is 10.1. The second-order valence-corrected chi connectivity index (χ2v) is 5.79. The molecule has 2 atom stereocenters. The fourth-order valence-electron chi connectivity index (χ4n) is 3.24. The lowest BCUT2D eigenvalue weighted by atomic mass is 9.91. The van der Waals surface area contributed by atoms with Crippen LogP contribution in [0.15, 0.2) is 18.2 Å². The molecule has 110 valence electrons. The lowest BCUT2D eigenvalue weighted by Gasteiger charge is -2.17. The summed E-state index contributed by atoms with van der Waals surface area (Å²) >= 11 is 0. The van der Waals surface area contributed by atoms with E-state index in [2.05, 4.69) is 5.32 Å². The molecule has 1 heterocycles. The molecular weight excluding hydrogens is 270 g/mol. The summed E-state index contributed by atoms with van der Waals surface area (Å²) in [6.45, 7) is 0.627. The Morgan fingerprint density at radius 3 is 2.67 bits per heavy atom. The van der Waals surface area contributed by atoms with Gasteiger partial charge in [0, 0.05) is 23.6 Å². The minimum atomic E-state index is -0.824. The molecule has 1 aromatic rings. The summed E-state index contributed by atoms with van der Waals surface area (Å²) in [5, 5.41) is 11.8. The largest absolute Gasteiger partial charge is 0.481 e. The average molecular weight is 287 g/mol. The third kappa shape index (κ3) is 2.55. The number of fused-ring (bicyclic) bond motifs is 1. The van der Waals surface area contributed by atoms with Crippen LogP contribution in [0, 0.1) is 11.8 Å². The maximum absolute atomic E-state index is 12.5. The van der Waals surface area contributed by atoms with E-state index in [0.717, 1.165) is 12.0 Å². The van der Waals surface area contributed by atoms with Crippen molar-refractivity contribution in [2.24, 2.45) is 11.8 Å². The van der Waals surface area contributed by atoms with Gasteiger partial charge in [0.1, 0.15) is 0 Å². The van der Waals surface area contributed by atoms with Gasteiger partial charge in [-0.05, 0) is 37.3 Å². The van der Waals surface area contributed by atoms with Gasteiger partial charge in [0.2, 0.25) is 0 Å². The van der Waals surface area contributed by atoms with Crippen molar-refractivity contribution in [3.63, 3.8) is 0 Å². The Kier molecular flexibility index (Phi) is 3.49. The average Bonchev–Trinajstić information content (AvgIpc) is 2.97. The van der Waals surface area contributed by atoms with Gasteiger partial charge in [0.25, 0.3) is 5.91 Å². The number of carboxylic acid groups (broad SMARTS) is 1. The number of carboxylic acids is 1. The molecule has 1 aliphatic carbocycles. The quantitative estimate of drug-likeness (QED) is 0.828. The Morgan fingerprint density at radius 1 is 1.19 bits per heavy atom. The number of aliphatic carboxylic acids is 1. The highest BCUT2D eigenvalue weighted by Gasteiger charge is 2.34. The molecule has 0 saturated heterocycles. The van der Waals surface area contributed by atoms with Gasteiger partial charge in [-0.15, -0.1) is 0 Å². The van der Waals surface area contributed by atoms with Crippen molar-refractivity contribution in [1.82, 2.24) is 5.32 Å². The van der Waals surface area contributed by atoms with Crippen LogP contribution in [0.3, 0.4) is 0 Å². The number of hydrogen-bond acceptors (Lipinski definition) is 3.